The fourth-order valence-electron chi connectivity index (χ4n) is 6.42. The Morgan fingerprint density at radius 1 is 0.600 bits per heavy atom. The zero-order valence-corrected chi connectivity index (χ0v) is 27.7. The molecule has 0 aliphatic heterocycles. The smallest absolute Gasteiger partial charge is 0.151 e. The van der Waals surface area contributed by atoms with Crippen molar-refractivity contribution in [3.05, 3.63) is 174 Å². The summed E-state index contributed by atoms with van der Waals surface area (Å²) in [5, 5.41) is 6.78. The van der Waals surface area contributed by atoms with Gasteiger partial charge >= 0.3 is 0 Å². The summed E-state index contributed by atoms with van der Waals surface area (Å²) < 4.78 is 12.8. The summed E-state index contributed by atoms with van der Waals surface area (Å²) >= 11 is 0. The van der Waals surface area contributed by atoms with E-state index >= 15 is 0 Å². The molecule has 230 valence electrons. The summed E-state index contributed by atoms with van der Waals surface area (Å²) in [4.78, 5) is 0. The molecule has 45 heavy (non-hydrogen) atoms. The fourth-order valence-corrected chi connectivity index (χ4v) is 12.6. The van der Waals surface area contributed by atoms with Gasteiger partial charge < -0.3 is 14.8 Å². The fraction of sp³-hybridized carbons (Fsp3) is 0.220. The van der Waals surface area contributed by atoms with Crippen LogP contribution in [0.5, 0.6) is 0 Å². The summed E-state index contributed by atoms with van der Waals surface area (Å²) in [7, 11) is -2.69. The van der Waals surface area contributed by atoms with Gasteiger partial charge in [-0.2, -0.15) is 0 Å². The average Bonchev–Trinajstić information content (AvgIpc) is 3.07. The number of para-hydroxylation sites is 1. The van der Waals surface area contributed by atoms with Crippen LogP contribution in [0.1, 0.15) is 31.9 Å². The van der Waals surface area contributed by atoms with Gasteiger partial charge in [-0.1, -0.05) is 177 Å². The average molecular weight is 612 g/mol. The van der Waals surface area contributed by atoms with Crippen molar-refractivity contribution in [2.24, 2.45) is 0 Å². The van der Waals surface area contributed by atoms with Gasteiger partial charge in [-0.15, -0.1) is 0 Å². The molecule has 4 heteroatoms. The summed E-state index contributed by atoms with van der Waals surface area (Å²) in [6, 6.07) is 53.7. The first-order valence-corrected chi connectivity index (χ1v) is 17.9. The Kier molecular flexibility index (Phi) is 11.2. The Morgan fingerprint density at radius 3 is 1.49 bits per heavy atom. The molecule has 3 nitrogen and oxygen atoms in total. The molecule has 0 aliphatic carbocycles. The third-order valence-electron chi connectivity index (χ3n) is 8.49. The van der Waals surface area contributed by atoms with Crippen molar-refractivity contribution in [3.8, 4) is 0 Å². The molecule has 0 fully saturated rings. The third kappa shape index (κ3) is 8.09. The normalized spacial score (nSPS) is 12.9. The summed E-state index contributed by atoms with van der Waals surface area (Å²) in [5.41, 5.74) is 4.60. The highest BCUT2D eigenvalue weighted by Crippen LogP contribution is 2.41. The second-order valence-electron chi connectivity index (χ2n) is 12.5. The molecule has 0 amide bonds. The number of rotatable bonds is 14. The van der Waals surface area contributed by atoms with E-state index in [4.69, 9.17) is 9.47 Å². The van der Waals surface area contributed by atoms with Crippen molar-refractivity contribution >= 4 is 24.1 Å². The predicted molar refractivity (Wildman–Crippen MR) is 192 cm³/mol. The van der Waals surface area contributed by atoms with Gasteiger partial charge in [0, 0.05) is 5.69 Å². The Bertz CT molecular complexity index is 1550. The standard InChI is InChI=1S/C41H45NO2Si/c1-41(2,3)45(38-25-15-7-16-26-38,39-27-17-8-18-28-39)40(42-37-23-13-6-14-24-37)36(33-44-32-35-21-11-5-12-22-35)29-30-43-31-34-19-9-4-10-20-34/h4-29,40,42H,30-33H2,1-3H3/b36-29+. The minimum atomic E-state index is -2.69. The highest BCUT2D eigenvalue weighted by atomic mass is 28.3. The summed E-state index contributed by atoms with van der Waals surface area (Å²) in [5.74, 6) is 0. The Labute approximate surface area is 270 Å². The minimum Gasteiger partial charge on any atom is -0.380 e. The number of anilines is 1. The van der Waals surface area contributed by atoms with Crippen LogP contribution < -0.4 is 15.7 Å². The first-order chi connectivity index (χ1) is 22.0. The third-order valence-corrected chi connectivity index (χ3v) is 14.7. The van der Waals surface area contributed by atoms with Crippen molar-refractivity contribution in [1.82, 2.24) is 0 Å². The number of ether oxygens (including phenoxy) is 2. The lowest BCUT2D eigenvalue weighted by Crippen LogP contribution is -2.74. The van der Waals surface area contributed by atoms with E-state index in [-0.39, 0.29) is 10.7 Å². The van der Waals surface area contributed by atoms with Gasteiger partial charge in [0.25, 0.3) is 0 Å². The highest BCUT2D eigenvalue weighted by molar-refractivity contribution is 7.06. The van der Waals surface area contributed by atoms with Crippen LogP contribution in [-0.2, 0) is 22.7 Å². The van der Waals surface area contributed by atoms with Crippen molar-refractivity contribution < 1.29 is 9.47 Å². The molecule has 0 radical (unpaired) electrons. The second-order valence-corrected chi connectivity index (χ2v) is 17.3. The molecule has 0 saturated carbocycles. The van der Waals surface area contributed by atoms with Crippen LogP contribution in [-0.4, -0.2) is 27.0 Å². The SMILES string of the molecule is CC(C)(C)[Si](c1ccccc1)(c1ccccc1)C(Nc1ccccc1)/C(=C/COCc1ccccc1)COCc1ccccc1. The van der Waals surface area contributed by atoms with E-state index in [0.29, 0.717) is 26.4 Å². The van der Waals surface area contributed by atoms with E-state index in [1.807, 2.05) is 12.1 Å². The van der Waals surface area contributed by atoms with Crippen LogP contribution in [0, 0.1) is 0 Å². The van der Waals surface area contributed by atoms with E-state index in [1.165, 1.54) is 21.5 Å². The van der Waals surface area contributed by atoms with Crippen LogP contribution in [0.15, 0.2) is 163 Å². The molecule has 0 heterocycles. The molecular weight excluding hydrogens is 567 g/mol. The molecule has 0 spiro atoms. The number of hydrogen-bond donors (Lipinski definition) is 1. The van der Waals surface area contributed by atoms with E-state index in [1.54, 1.807) is 0 Å². The first-order valence-electron chi connectivity index (χ1n) is 15.8. The van der Waals surface area contributed by atoms with Gasteiger partial charge in [0.2, 0.25) is 0 Å². The summed E-state index contributed by atoms with van der Waals surface area (Å²) in [6.07, 6.45) is 2.27. The minimum absolute atomic E-state index is 0.0270. The highest BCUT2D eigenvalue weighted by Gasteiger charge is 2.54. The Hall–Kier alpha value is -4.22. The van der Waals surface area contributed by atoms with Crippen LogP contribution in [0.3, 0.4) is 0 Å². The lowest BCUT2D eigenvalue weighted by molar-refractivity contribution is 0.134. The quantitative estimate of drug-likeness (QED) is 0.0777. The monoisotopic (exact) mass is 611 g/mol. The van der Waals surface area contributed by atoms with Crippen LogP contribution >= 0.6 is 0 Å². The van der Waals surface area contributed by atoms with Crippen molar-refractivity contribution in [2.45, 2.75) is 44.7 Å². The molecule has 0 bridgehead atoms. The maximum atomic E-state index is 6.55. The molecule has 0 saturated heterocycles. The van der Waals surface area contributed by atoms with Gasteiger partial charge in [-0.3, -0.25) is 0 Å². The van der Waals surface area contributed by atoms with Crippen molar-refractivity contribution in [2.75, 3.05) is 18.5 Å². The van der Waals surface area contributed by atoms with Crippen LogP contribution in [0.25, 0.3) is 0 Å². The molecule has 5 aromatic carbocycles. The van der Waals surface area contributed by atoms with E-state index < -0.39 is 8.07 Å². The van der Waals surface area contributed by atoms with Gasteiger partial charge in [-0.05, 0) is 33.9 Å². The van der Waals surface area contributed by atoms with Gasteiger partial charge in [-0.25, -0.2) is 0 Å². The topological polar surface area (TPSA) is 30.5 Å². The van der Waals surface area contributed by atoms with Gasteiger partial charge in [0.05, 0.1) is 32.1 Å². The lowest BCUT2D eigenvalue weighted by Gasteiger charge is -2.50. The Balaban J connectivity index is 1.63. The van der Waals surface area contributed by atoms with E-state index in [0.717, 1.165) is 11.3 Å². The van der Waals surface area contributed by atoms with Crippen molar-refractivity contribution in [3.63, 3.8) is 0 Å². The van der Waals surface area contributed by atoms with Crippen LogP contribution in [0.2, 0.25) is 5.04 Å². The molecular formula is C41H45NO2Si. The van der Waals surface area contributed by atoms with Gasteiger partial charge in [0.1, 0.15) is 0 Å². The van der Waals surface area contributed by atoms with E-state index in [9.17, 15) is 0 Å². The Morgan fingerprint density at radius 2 is 1.02 bits per heavy atom. The molecule has 5 aromatic rings. The van der Waals surface area contributed by atoms with Crippen molar-refractivity contribution in [1.29, 1.82) is 0 Å². The van der Waals surface area contributed by atoms with E-state index in [2.05, 4.69) is 172 Å². The lowest BCUT2D eigenvalue weighted by atomic mass is 10.2. The molecule has 1 N–H and O–H groups in total. The molecule has 0 aliphatic rings. The molecule has 0 aromatic heterocycles. The van der Waals surface area contributed by atoms with Crippen LogP contribution in [0.4, 0.5) is 5.69 Å². The predicted octanol–water partition coefficient (Wildman–Crippen LogP) is 8.43. The maximum Gasteiger partial charge on any atom is 0.151 e. The zero-order chi connectivity index (χ0) is 31.4. The largest absolute Gasteiger partial charge is 0.380 e. The molecule has 1 atom stereocenters. The second kappa shape index (κ2) is 15.7. The molecule has 5 rings (SSSR count). The molecule has 1 unspecified atom stereocenters. The summed E-state index contributed by atoms with van der Waals surface area (Å²) in [6.45, 7) is 9.31. The number of benzene rings is 5. The first kappa shape index (κ1) is 32.2. The number of nitrogens with one attached hydrogen (secondary N) is 1. The zero-order valence-electron chi connectivity index (χ0n) is 26.7. The maximum absolute atomic E-state index is 6.55. The number of hydrogen-bond acceptors (Lipinski definition) is 3. The van der Waals surface area contributed by atoms with Gasteiger partial charge in [0.15, 0.2) is 8.07 Å².